The zero-order valence-corrected chi connectivity index (χ0v) is 11.3. The molecule has 18 heavy (non-hydrogen) atoms. The van der Waals surface area contributed by atoms with Crippen molar-refractivity contribution in [2.45, 2.75) is 33.0 Å². The Hall–Kier alpha value is -1.39. The van der Waals surface area contributed by atoms with Crippen molar-refractivity contribution in [3.8, 4) is 0 Å². The van der Waals surface area contributed by atoms with Gasteiger partial charge in [-0.3, -0.25) is 4.68 Å². The van der Waals surface area contributed by atoms with E-state index in [4.69, 9.17) is 4.74 Å². The third-order valence-electron chi connectivity index (χ3n) is 3.07. The summed E-state index contributed by atoms with van der Waals surface area (Å²) in [6, 6.07) is 8.70. The second kappa shape index (κ2) is 5.98. The molecule has 0 spiro atoms. The van der Waals surface area contributed by atoms with Gasteiger partial charge in [0.25, 0.3) is 0 Å². The molecule has 2 rings (SSSR count). The van der Waals surface area contributed by atoms with Crippen molar-refractivity contribution in [3.05, 3.63) is 30.0 Å². The Morgan fingerprint density at radius 1 is 1.39 bits per heavy atom. The van der Waals surface area contributed by atoms with E-state index >= 15 is 0 Å². The van der Waals surface area contributed by atoms with Crippen LogP contribution in [0.5, 0.6) is 0 Å². The Balaban J connectivity index is 2.18. The Morgan fingerprint density at radius 3 is 2.89 bits per heavy atom. The molecule has 0 radical (unpaired) electrons. The average Bonchev–Trinajstić information content (AvgIpc) is 2.75. The summed E-state index contributed by atoms with van der Waals surface area (Å²) in [6.45, 7) is 6.62. The van der Waals surface area contributed by atoms with Gasteiger partial charge in [-0.05, 0) is 19.9 Å². The number of hydrogen-bond donors (Lipinski definition) is 1. The summed E-state index contributed by atoms with van der Waals surface area (Å²) in [5.74, 6) is 0. The molecule has 1 heterocycles. The van der Waals surface area contributed by atoms with Crippen LogP contribution in [0.15, 0.2) is 24.3 Å². The van der Waals surface area contributed by atoms with E-state index in [0.717, 1.165) is 18.8 Å². The number of aromatic nitrogens is 2. The lowest BCUT2D eigenvalue weighted by molar-refractivity contribution is 0.171. The number of nitrogens with one attached hydrogen (secondary N) is 1. The van der Waals surface area contributed by atoms with Crippen molar-refractivity contribution in [1.29, 1.82) is 0 Å². The fourth-order valence-corrected chi connectivity index (χ4v) is 2.15. The van der Waals surface area contributed by atoms with Gasteiger partial charge in [-0.25, -0.2) is 0 Å². The van der Waals surface area contributed by atoms with Gasteiger partial charge in [0.05, 0.1) is 17.8 Å². The lowest BCUT2D eigenvalue weighted by Gasteiger charge is -2.11. The molecule has 1 aromatic carbocycles. The van der Waals surface area contributed by atoms with E-state index in [9.17, 15) is 0 Å². The molecule has 98 valence electrons. The van der Waals surface area contributed by atoms with Crippen LogP contribution in [0.4, 0.5) is 0 Å². The van der Waals surface area contributed by atoms with Crippen LogP contribution in [0.1, 0.15) is 19.5 Å². The van der Waals surface area contributed by atoms with Crippen LogP contribution >= 0.6 is 0 Å². The fourth-order valence-electron chi connectivity index (χ4n) is 2.15. The summed E-state index contributed by atoms with van der Waals surface area (Å²) in [4.78, 5) is 0. The highest BCUT2D eigenvalue weighted by molar-refractivity contribution is 5.81. The average molecular weight is 247 g/mol. The molecule has 0 amide bonds. The van der Waals surface area contributed by atoms with Crippen molar-refractivity contribution in [2.75, 3.05) is 13.7 Å². The second-order valence-corrected chi connectivity index (χ2v) is 4.52. The first-order chi connectivity index (χ1) is 8.76. The molecule has 1 atom stereocenters. The quantitative estimate of drug-likeness (QED) is 0.850. The second-order valence-electron chi connectivity index (χ2n) is 4.52. The smallest absolute Gasteiger partial charge is 0.0841 e. The molecule has 0 aliphatic heterocycles. The van der Waals surface area contributed by atoms with Crippen LogP contribution < -0.4 is 5.32 Å². The van der Waals surface area contributed by atoms with E-state index in [1.807, 2.05) is 4.68 Å². The minimum absolute atomic E-state index is 0.334. The minimum Gasteiger partial charge on any atom is -0.383 e. The van der Waals surface area contributed by atoms with Gasteiger partial charge < -0.3 is 10.1 Å². The van der Waals surface area contributed by atoms with Gasteiger partial charge in [0.1, 0.15) is 0 Å². The number of methoxy groups -OCH3 is 1. The highest BCUT2D eigenvalue weighted by Crippen LogP contribution is 2.18. The summed E-state index contributed by atoms with van der Waals surface area (Å²) in [7, 11) is 1.72. The van der Waals surface area contributed by atoms with Crippen molar-refractivity contribution in [2.24, 2.45) is 0 Å². The van der Waals surface area contributed by atoms with Crippen molar-refractivity contribution in [1.82, 2.24) is 15.1 Å². The molecule has 0 aliphatic rings. The molecular weight excluding hydrogens is 226 g/mol. The number of ether oxygens (including phenoxy) is 1. The van der Waals surface area contributed by atoms with E-state index in [0.29, 0.717) is 12.6 Å². The first-order valence-electron chi connectivity index (χ1n) is 6.43. The van der Waals surface area contributed by atoms with Crippen molar-refractivity contribution < 1.29 is 4.74 Å². The van der Waals surface area contributed by atoms with E-state index in [1.165, 1.54) is 10.9 Å². The molecule has 0 fully saturated rings. The van der Waals surface area contributed by atoms with Crippen molar-refractivity contribution >= 4 is 10.9 Å². The van der Waals surface area contributed by atoms with Gasteiger partial charge in [0, 0.05) is 31.6 Å². The highest BCUT2D eigenvalue weighted by Gasteiger charge is 2.09. The van der Waals surface area contributed by atoms with Gasteiger partial charge >= 0.3 is 0 Å². The summed E-state index contributed by atoms with van der Waals surface area (Å²) in [5.41, 5.74) is 2.31. The third kappa shape index (κ3) is 2.71. The highest BCUT2D eigenvalue weighted by atomic mass is 16.5. The molecular formula is C14H21N3O. The van der Waals surface area contributed by atoms with Gasteiger partial charge in [0.2, 0.25) is 0 Å². The Labute approximate surface area is 108 Å². The Morgan fingerprint density at radius 2 is 2.17 bits per heavy atom. The van der Waals surface area contributed by atoms with E-state index in [2.05, 4.69) is 48.5 Å². The Kier molecular flexibility index (Phi) is 4.33. The zero-order chi connectivity index (χ0) is 13.0. The lowest BCUT2D eigenvalue weighted by Crippen LogP contribution is -2.29. The number of rotatable bonds is 6. The van der Waals surface area contributed by atoms with Crippen LogP contribution in [-0.2, 0) is 17.8 Å². The van der Waals surface area contributed by atoms with E-state index < -0.39 is 0 Å². The fraction of sp³-hybridized carbons (Fsp3) is 0.500. The molecule has 1 N–H and O–H groups in total. The number of fused-ring (bicyclic) bond motifs is 1. The maximum Gasteiger partial charge on any atom is 0.0841 e. The largest absolute Gasteiger partial charge is 0.383 e. The molecule has 4 heteroatoms. The molecule has 4 nitrogen and oxygen atoms in total. The summed E-state index contributed by atoms with van der Waals surface area (Å²) in [6.07, 6.45) is 0. The van der Waals surface area contributed by atoms with Gasteiger partial charge in [-0.2, -0.15) is 5.10 Å². The predicted octanol–water partition coefficient (Wildman–Crippen LogP) is 2.18. The number of benzene rings is 1. The van der Waals surface area contributed by atoms with Crippen LogP contribution in [0.3, 0.4) is 0 Å². The van der Waals surface area contributed by atoms with E-state index in [-0.39, 0.29) is 0 Å². The summed E-state index contributed by atoms with van der Waals surface area (Å²) >= 11 is 0. The molecule has 2 aromatic rings. The monoisotopic (exact) mass is 247 g/mol. The normalized spacial score (nSPS) is 13.1. The molecule has 0 bridgehead atoms. The van der Waals surface area contributed by atoms with Crippen LogP contribution in [-0.4, -0.2) is 29.5 Å². The first-order valence-corrected chi connectivity index (χ1v) is 6.43. The number of hydrogen-bond acceptors (Lipinski definition) is 3. The Bertz CT molecular complexity index is 507. The van der Waals surface area contributed by atoms with Gasteiger partial charge in [-0.1, -0.05) is 18.2 Å². The maximum atomic E-state index is 5.12. The number of nitrogens with zero attached hydrogens (tertiary/aromatic N) is 2. The lowest BCUT2D eigenvalue weighted by atomic mass is 10.2. The van der Waals surface area contributed by atoms with E-state index in [1.54, 1.807) is 7.11 Å². The van der Waals surface area contributed by atoms with Crippen LogP contribution in [0, 0.1) is 0 Å². The summed E-state index contributed by atoms with van der Waals surface area (Å²) < 4.78 is 7.17. The number of aryl methyl sites for hydroxylation is 1. The molecule has 0 aliphatic carbocycles. The first kappa shape index (κ1) is 13.1. The molecule has 0 saturated heterocycles. The maximum absolute atomic E-state index is 5.12. The predicted molar refractivity (Wildman–Crippen MR) is 73.6 cm³/mol. The summed E-state index contributed by atoms with van der Waals surface area (Å²) in [5, 5.41) is 9.31. The number of para-hydroxylation sites is 1. The molecule has 1 unspecified atom stereocenters. The zero-order valence-electron chi connectivity index (χ0n) is 11.3. The van der Waals surface area contributed by atoms with Gasteiger partial charge in [0.15, 0.2) is 0 Å². The van der Waals surface area contributed by atoms with Crippen LogP contribution in [0.2, 0.25) is 0 Å². The van der Waals surface area contributed by atoms with Crippen molar-refractivity contribution in [3.63, 3.8) is 0 Å². The molecule has 1 aromatic heterocycles. The van der Waals surface area contributed by atoms with Crippen LogP contribution in [0.25, 0.3) is 10.9 Å². The standard InChI is InChI=1S/C14H21N3O/c1-4-17-14-8-6-5-7-12(14)13(16-17)9-15-11(2)10-18-3/h5-8,11,15H,4,9-10H2,1-3H3. The topological polar surface area (TPSA) is 39.1 Å². The SMILES string of the molecule is CCn1nc(CNC(C)COC)c2ccccc21. The van der Waals surface area contributed by atoms with Gasteiger partial charge in [-0.15, -0.1) is 0 Å². The molecule has 0 saturated carbocycles. The minimum atomic E-state index is 0.334. The third-order valence-corrected chi connectivity index (χ3v) is 3.07.